The van der Waals surface area contributed by atoms with Crippen molar-refractivity contribution in [3.63, 3.8) is 0 Å². The summed E-state index contributed by atoms with van der Waals surface area (Å²) in [6.45, 7) is 29.8. The van der Waals surface area contributed by atoms with Crippen LogP contribution in [-0.2, 0) is 42.7 Å². The van der Waals surface area contributed by atoms with Crippen LogP contribution in [0.4, 0.5) is 22.7 Å². The van der Waals surface area contributed by atoms with Crippen molar-refractivity contribution in [2.45, 2.75) is 105 Å². The average Bonchev–Trinajstić information content (AvgIpc) is 1.49. The van der Waals surface area contributed by atoms with Crippen molar-refractivity contribution in [2.75, 3.05) is 9.80 Å². The Balaban J connectivity index is 0.00000658. The van der Waals surface area contributed by atoms with Gasteiger partial charge in [-0.15, -0.1) is 53.3 Å². The van der Waals surface area contributed by atoms with Gasteiger partial charge in [0.2, 0.25) is 0 Å². The van der Waals surface area contributed by atoms with Crippen molar-refractivity contribution >= 4 is 73.4 Å². The third-order valence-corrected chi connectivity index (χ3v) is 22.3. The first kappa shape index (κ1) is 55.2. The molecule has 5 heterocycles. The first-order valence-electron chi connectivity index (χ1n) is 29.2. The molecule has 14 rings (SSSR count). The predicted octanol–water partition coefficient (Wildman–Crippen LogP) is 17.3. The van der Waals surface area contributed by atoms with Crippen molar-refractivity contribution in [3.05, 3.63) is 235 Å². The Morgan fingerprint density at radius 3 is 1.69 bits per heavy atom. The van der Waals surface area contributed by atoms with Gasteiger partial charge in [-0.1, -0.05) is 210 Å². The number of hydrogen-bond acceptors (Lipinski definition) is 5. The molecule has 422 valence electrons. The molecule has 9 aromatic carbocycles. The van der Waals surface area contributed by atoms with Crippen LogP contribution < -0.4 is 40.0 Å². The Kier molecular flexibility index (Phi) is 13.0. The molecule has 0 unspecified atom stereocenters. The van der Waals surface area contributed by atoms with Crippen molar-refractivity contribution in [2.24, 2.45) is 0 Å². The zero-order chi connectivity index (χ0) is 57.5. The van der Waals surface area contributed by atoms with Crippen LogP contribution in [0, 0.1) is 18.8 Å². The van der Waals surface area contributed by atoms with Crippen LogP contribution in [0.1, 0.15) is 105 Å². The molecule has 0 amide bonds. The average molecular weight is 1290 g/mol. The predicted molar refractivity (Wildman–Crippen MR) is 347 cm³/mol. The fraction of sp³-hybridized carbons (Fsp3) is 0.211. The third kappa shape index (κ3) is 8.87. The third-order valence-electron chi connectivity index (χ3n) is 17.4. The molecule has 0 saturated heterocycles. The number of rotatable bonds is 7. The minimum absolute atomic E-state index is 0. The zero-order valence-electron chi connectivity index (χ0n) is 50.0. The summed E-state index contributed by atoms with van der Waals surface area (Å²) in [5, 5.41) is 7.47. The molecule has 0 radical (unpaired) electrons. The van der Waals surface area contributed by atoms with Gasteiger partial charge in [0.15, 0.2) is 8.07 Å². The van der Waals surface area contributed by atoms with E-state index in [2.05, 4.69) is 298 Å². The molecule has 6 nitrogen and oxygen atoms in total. The largest absolute Gasteiger partial charge is 0.509 e. The Hall–Kier alpha value is -7.96. The van der Waals surface area contributed by atoms with Gasteiger partial charge in [0, 0.05) is 72.5 Å². The number of benzene rings is 9. The molecule has 0 atom stereocenters. The van der Waals surface area contributed by atoms with Gasteiger partial charge in [-0.25, -0.2) is 4.98 Å². The summed E-state index contributed by atoms with van der Waals surface area (Å²) in [6, 6.07) is 76.6. The second-order valence-electron chi connectivity index (χ2n) is 27.0. The number of ether oxygens (including phenoxy) is 2. The van der Waals surface area contributed by atoms with Crippen LogP contribution in [0.2, 0.25) is 0 Å². The molecule has 0 N–H and O–H groups in total. The molecular weight excluding hydrogens is 1220 g/mol. The molecule has 0 fully saturated rings. The van der Waals surface area contributed by atoms with Crippen molar-refractivity contribution in [3.8, 4) is 51.1 Å². The first-order chi connectivity index (χ1) is 39.7. The van der Waals surface area contributed by atoms with Crippen molar-refractivity contribution in [1.29, 1.82) is 0 Å². The van der Waals surface area contributed by atoms with Gasteiger partial charge in [0.1, 0.15) is 17.3 Å². The molecule has 0 aliphatic carbocycles. The maximum absolute atomic E-state index is 7.25. The number of fused-ring (bicyclic) bond motifs is 7. The Morgan fingerprint density at radius 1 is 0.464 bits per heavy atom. The van der Waals surface area contributed by atoms with Gasteiger partial charge in [0.05, 0.1) is 0 Å². The molecule has 3 aliphatic rings. The number of para-hydroxylation sites is 5. The topological polar surface area (TPSA) is 42.8 Å². The molecule has 84 heavy (non-hydrogen) atoms. The maximum Gasteiger partial charge on any atom is 0.165 e. The molecule has 0 bridgehead atoms. The number of aromatic nitrogens is 2. The molecule has 3 aliphatic heterocycles. The summed E-state index contributed by atoms with van der Waals surface area (Å²) in [5.74, 6) is 3.84. The number of pyridine rings is 1. The van der Waals surface area contributed by atoms with Crippen LogP contribution in [0.3, 0.4) is 0 Å². The van der Waals surface area contributed by atoms with E-state index in [9.17, 15) is 0 Å². The van der Waals surface area contributed by atoms with Crippen LogP contribution >= 0.6 is 0 Å². The van der Waals surface area contributed by atoms with E-state index in [0.717, 1.165) is 62.2 Å². The molecule has 11 aromatic rings. The van der Waals surface area contributed by atoms with Gasteiger partial charge in [0.25, 0.3) is 0 Å². The van der Waals surface area contributed by atoms with Crippen LogP contribution in [0.25, 0.3) is 49.9 Å². The number of hydrogen-bond donors (Lipinski definition) is 0. The van der Waals surface area contributed by atoms with E-state index in [1.807, 2.05) is 12.3 Å². The second-order valence-corrected chi connectivity index (χ2v) is 30.6. The Morgan fingerprint density at radius 2 is 1.02 bits per heavy atom. The molecule has 8 heteroatoms. The summed E-state index contributed by atoms with van der Waals surface area (Å²) in [6.07, 6.45) is 1.94. The van der Waals surface area contributed by atoms with E-state index < -0.39 is 8.07 Å². The van der Waals surface area contributed by atoms with Crippen molar-refractivity contribution in [1.82, 2.24) is 9.55 Å². The Labute approximate surface area is 511 Å². The van der Waals surface area contributed by atoms with Crippen LogP contribution in [0.5, 0.6) is 23.0 Å². The summed E-state index contributed by atoms with van der Waals surface area (Å²) in [7, 11) is -3.02. The van der Waals surface area contributed by atoms with Gasteiger partial charge < -0.3 is 23.8 Å². The van der Waals surface area contributed by atoms with Crippen LogP contribution in [-0.4, -0.2) is 17.6 Å². The van der Waals surface area contributed by atoms with E-state index in [0.29, 0.717) is 11.5 Å². The van der Waals surface area contributed by atoms with Gasteiger partial charge in [-0.2, -0.15) is 6.07 Å². The quantitative estimate of drug-likeness (QED) is 0.118. The first-order valence-corrected chi connectivity index (χ1v) is 31.2. The monoisotopic (exact) mass is 1290 g/mol. The van der Waals surface area contributed by atoms with Crippen LogP contribution in [0.15, 0.2) is 194 Å². The molecular formula is C76H69N4O2PtSi-3. The van der Waals surface area contributed by atoms with Gasteiger partial charge in [-0.3, -0.25) is 0 Å². The van der Waals surface area contributed by atoms with Gasteiger partial charge in [-0.05, 0) is 118 Å². The second kappa shape index (κ2) is 19.8. The summed E-state index contributed by atoms with van der Waals surface area (Å²) >= 11 is 0. The fourth-order valence-corrected chi connectivity index (χ4v) is 18.4. The minimum atomic E-state index is -3.02. The summed E-state index contributed by atoms with van der Waals surface area (Å²) < 4.78 is 16.3. The minimum Gasteiger partial charge on any atom is -0.509 e. The van der Waals surface area contributed by atoms with E-state index in [1.54, 1.807) is 0 Å². The smallest absolute Gasteiger partial charge is 0.165 e. The van der Waals surface area contributed by atoms with Crippen molar-refractivity contribution < 1.29 is 30.5 Å². The standard InChI is InChI=1S/C76H69N4O2Si.Pt/c1-73(2,3)50-24-19-23-48(39-50)57-27-21-28-58(49-40-52(75(7,8)9)42-53(41-49)76(10,11)12)72(57)79-47-78(59-29-13-14-30-60(59)79)54-25-20-26-55(44-54)81-56-45-62-71-68(46-56)83(65-34-17-15-32-63(65)82-64-33-16-18-35-66(64)83)67-36-22-31-61(70(67)71)80(62)69-43-51(37-38-77-69)74(4,5)6;/h13-43,46-47H,1-12H3;/q-3;. The van der Waals surface area contributed by atoms with E-state index in [-0.39, 0.29) is 42.7 Å². The van der Waals surface area contributed by atoms with E-state index in [1.165, 1.54) is 64.9 Å². The molecule has 0 saturated carbocycles. The number of nitrogens with zero attached hydrogens (tertiary/aromatic N) is 4. The molecule has 1 spiro atoms. The summed E-state index contributed by atoms with van der Waals surface area (Å²) in [4.78, 5) is 9.76. The van der Waals surface area contributed by atoms with E-state index >= 15 is 0 Å². The van der Waals surface area contributed by atoms with E-state index in [4.69, 9.17) is 14.5 Å². The Bertz CT molecular complexity index is 4370. The maximum atomic E-state index is 7.25. The zero-order valence-corrected chi connectivity index (χ0v) is 53.2. The number of anilines is 4. The fourth-order valence-electron chi connectivity index (χ4n) is 13.0. The molecule has 2 aromatic heterocycles. The normalized spacial score (nSPS) is 14.2. The SMILES string of the molecule is CC(C)(C)c1cccc(-c2cccc(-c3cc(C(C)(C)C)cc(C(C)(C)C)c3)c2N2[CH-]N(c3[c-]c(Oc4[c-]c5c6c(c4)[Si]4(c7ccccc7Oc7ccccc74)c4cccc(c46)n5-c4cc(C(C)(C)C)ccn4)ccc3)c3ccccc32)c1.[Pt]. The van der Waals surface area contributed by atoms with Gasteiger partial charge >= 0.3 is 0 Å². The summed E-state index contributed by atoms with van der Waals surface area (Å²) in [5.41, 5.74) is 15.7.